The molecule has 0 radical (unpaired) electrons. The summed E-state index contributed by atoms with van der Waals surface area (Å²) in [5.74, 6) is -1.58. The third-order valence-electron chi connectivity index (χ3n) is 3.34. The van der Waals surface area contributed by atoms with Gasteiger partial charge in [0.25, 0.3) is 0 Å². The molecular formula is C16H15NaO4. The molecule has 0 aliphatic carbocycles. The van der Waals surface area contributed by atoms with Crippen LogP contribution in [0.15, 0.2) is 60.7 Å². The summed E-state index contributed by atoms with van der Waals surface area (Å²) in [4.78, 5) is 11.2. The van der Waals surface area contributed by atoms with Crippen LogP contribution in [0.2, 0.25) is 0 Å². The van der Waals surface area contributed by atoms with E-state index in [0.717, 1.165) is 0 Å². The number of ether oxygens (including phenoxy) is 1. The van der Waals surface area contributed by atoms with Crippen LogP contribution in [0.25, 0.3) is 0 Å². The van der Waals surface area contributed by atoms with Crippen LogP contribution in [0, 0.1) is 0 Å². The molecule has 1 atom stereocenters. The number of aliphatic hydroxyl groups is 1. The summed E-state index contributed by atoms with van der Waals surface area (Å²) in [6, 6.07) is 17.5. The number of carbonyl (C=O) groups is 1. The number of benzene rings is 2. The van der Waals surface area contributed by atoms with Crippen molar-refractivity contribution in [2.45, 2.75) is 11.7 Å². The molecule has 0 bridgehead atoms. The Kier molecular flexibility index (Phi) is 6.58. The Hall–Kier alpha value is -1.17. The third-order valence-corrected chi connectivity index (χ3v) is 3.34. The van der Waals surface area contributed by atoms with E-state index in [-0.39, 0.29) is 29.6 Å². The molecule has 5 heteroatoms. The van der Waals surface area contributed by atoms with Gasteiger partial charge < -0.3 is 19.7 Å². The maximum Gasteiger partial charge on any atom is 1.00 e. The predicted molar refractivity (Wildman–Crippen MR) is 71.7 cm³/mol. The van der Waals surface area contributed by atoms with Crippen molar-refractivity contribution < 1.29 is 49.3 Å². The minimum absolute atomic E-state index is 0. The molecule has 0 spiro atoms. The van der Waals surface area contributed by atoms with Gasteiger partial charge in [-0.05, 0) is 11.1 Å². The predicted octanol–water partition coefficient (Wildman–Crippen LogP) is -2.31. The van der Waals surface area contributed by atoms with Gasteiger partial charge in [-0.2, -0.15) is 0 Å². The number of carboxylic acids is 1. The molecule has 0 aliphatic rings. The van der Waals surface area contributed by atoms with Gasteiger partial charge in [0.15, 0.2) is 0 Å². The number of carbonyl (C=O) groups excluding carboxylic acids is 1. The van der Waals surface area contributed by atoms with Crippen LogP contribution >= 0.6 is 0 Å². The summed E-state index contributed by atoms with van der Waals surface area (Å²) in [7, 11) is 1.37. The molecule has 0 heterocycles. The SMILES string of the molecule is COC(c1ccccc1)(c1ccccc1)[C@H](O)C(=O)[O-].[Na+]. The molecule has 2 aromatic rings. The molecule has 0 fully saturated rings. The van der Waals surface area contributed by atoms with E-state index in [1.54, 1.807) is 60.7 Å². The van der Waals surface area contributed by atoms with Gasteiger partial charge in [-0.25, -0.2) is 0 Å². The summed E-state index contributed by atoms with van der Waals surface area (Å²) in [6.07, 6.45) is -1.82. The second kappa shape index (κ2) is 7.73. The molecule has 0 unspecified atom stereocenters. The maximum atomic E-state index is 11.2. The number of aliphatic hydroxyl groups excluding tert-OH is 1. The third kappa shape index (κ3) is 3.36. The van der Waals surface area contributed by atoms with Crippen LogP contribution in [0.3, 0.4) is 0 Å². The van der Waals surface area contributed by atoms with E-state index >= 15 is 0 Å². The van der Waals surface area contributed by atoms with Gasteiger partial charge in [-0.15, -0.1) is 0 Å². The second-order valence-corrected chi connectivity index (χ2v) is 4.39. The van der Waals surface area contributed by atoms with Crippen molar-refractivity contribution in [1.29, 1.82) is 0 Å². The van der Waals surface area contributed by atoms with Crippen molar-refractivity contribution >= 4 is 5.97 Å². The number of rotatable bonds is 5. The first-order valence-corrected chi connectivity index (χ1v) is 6.18. The van der Waals surface area contributed by atoms with Gasteiger partial charge in [-0.1, -0.05) is 60.7 Å². The van der Waals surface area contributed by atoms with Gasteiger partial charge in [0.2, 0.25) is 0 Å². The number of hydrogen-bond donors (Lipinski definition) is 1. The number of aliphatic carboxylic acids is 1. The minimum atomic E-state index is -1.82. The molecule has 4 nitrogen and oxygen atoms in total. The second-order valence-electron chi connectivity index (χ2n) is 4.39. The number of hydrogen-bond acceptors (Lipinski definition) is 4. The zero-order valence-corrected chi connectivity index (χ0v) is 14.0. The first kappa shape index (κ1) is 17.9. The van der Waals surface area contributed by atoms with Crippen LogP contribution in [0.1, 0.15) is 11.1 Å². The molecule has 21 heavy (non-hydrogen) atoms. The Morgan fingerprint density at radius 2 is 1.43 bits per heavy atom. The van der Waals surface area contributed by atoms with Crippen LogP contribution in [0.4, 0.5) is 0 Å². The van der Waals surface area contributed by atoms with E-state index in [2.05, 4.69) is 0 Å². The fraction of sp³-hybridized carbons (Fsp3) is 0.188. The Labute approximate surface area is 145 Å². The fourth-order valence-corrected chi connectivity index (χ4v) is 2.37. The molecule has 2 rings (SSSR count). The van der Waals surface area contributed by atoms with Crippen molar-refractivity contribution in [2.75, 3.05) is 7.11 Å². The first-order valence-electron chi connectivity index (χ1n) is 6.18. The van der Waals surface area contributed by atoms with Crippen molar-refractivity contribution in [3.63, 3.8) is 0 Å². The van der Waals surface area contributed by atoms with E-state index in [1.165, 1.54) is 7.11 Å². The van der Waals surface area contributed by atoms with Gasteiger partial charge in [-0.3, -0.25) is 0 Å². The summed E-state index contributed by atoms with van der Waals surface area (Å²) < 4.78 is 5.46. The van der Waals surface area contributed by atoms with Crippen LogP contribution < -0.4 is 34.7 Å². The van der Waals surface area contributed by atoms with Gasteiger partial charge in [0.05, 0.1) is 5.97 Å². The molecule has 2 aromatic carbocycles. The van der Waals surface area contributed by atoms with Crippen molar-refractivity contribution in [1.82, 2.24) is 0 Å². The largest absolute Gasteiger partial charge is 1.00 e. The number of carboxylic acid groups (broad SMARTS) is 1. The van der Waals surface area contributed by atoms with Gasteiger partial charge in [0, 0.05) is 7.11 Å². The van der Waals surface area contributed by atoms with E-state index in [0.29, 0.717) is 11.1 Å². The smallest absolute Gasteiger partial charge is 0.547 e. The summed E-state index contributed by atoms with van der Waals surface area (Å²) >= 11 is 0. The zero-order valence-electron chi connectivity index (χ0n) is 12.0. The molecule has 104 valence electrons. The molecule has 0 aliphatic heterocycles. The van der Waals surface area contributed by atoms with Gasteiger partial charge >= 0.3 is 29.6 Å². The first-order chi connectivity index (χ1) is 9.63. The Morgan fingerprint density at radius 1 is 1.05 bits per heavy atom. The van der Waals surface area contributed by atoms with E-state index in [1.807, 2.05) is 0 Å². The quantitative estimate of drug-likeness (QED) is 0.629. The average Bonchev–Trinajstić information content (AvgIpc) is 2.50. The average molecular weight is 294 g/mol. The fourth-order valence-electron chi connectivity index (χ4n) is 2.37. The molecule has 0 saturated carbocycles. The van der Waals surface area contributed by atoms with Gasteiger partial charge in [0.1, 0.15) is 11.7 Å². The van der Waals surface area contributed by atoms with Crippen LogP contribution in [-0.2, 0) is 15.1 Å². The van der Waals surface area contributed by atoms with Crippen LogP contribution in [-0.4, -0.2) is 24.3 Å². The normalized spacial score (nSPS) is 12.3. The molecular weight excluding hydrogens is 279 g/mol. The zero-order chi connectivity index (χ0) is 14.6. The molecule has 1 N–H and O–H groups in total. The Balaban J connectivity index is 0.00000220. The molecule has 0 saturated heterocycles. The molecule has 0 amide bonds. The number of methoxy groups -OCH3 is 1. The molecule has 0 aromatic heterocycles. The van der Waals surface area contributed by atoms with Crippen molar-refractivity contribution in [2.24, 2.45) is 0 Å². The van der Waals surface area contributed by atoms with Crippen molar-refractivity contribution in [3.8, 4) is 0 Å². The van der Waals surface area contributed by atoms with E-state index in [4.69, 9.17) is 4.74 Å². The van der Waals surface area contributed by atoms with E-state index < -0.39 is 17.7 Å². The topological polar surface area (TPSA) is 69.6 Å². The van der Waals surface area contributed by atoms with Crippen molar-refractivity contribution in [3.05, 3.63) is 71.8 Å². The summed E-state index contributed by atoms with van der Waals surface area (Å²) in [6.45, 7) is 0. The maximum absolute atomic E-state index is 11.2. The Morgan fingerprint density at radius 3 is 1.71 bits per heavy atom. The summed E-state index contributed by atoms with van der Waals surface area (Å²) in [5, 5.41) is 21.4. The summed E-state index contributed by atoms with van der Waals surface area (Å²) in [5.41, 5.74) is -0.405. The van der Waals surface area contributed by atoms with Crippen LogP contribution in [0.5, 0.6) is 0 Å². The minimum Gasteiger partial charge on any atom is -0.547 e. The standard InChI is InChI=1S/C16H16O4.Na/c1-20-16(14(17)15(18)19,12-8-4-2-5-9-12)13-10-6-3-7-11-13;/h2-11,14,17H,1H3,(H,18,19);/q;+1/p-1/t14-;/m1./s1. The monoisotopic (exact) mass is 294 g/mol. The van der Waals surface area contributed by atoms with E-state index in [9.17, 15) is 15.0 Å². The Bertz CT molecular complexity index is 532.